The summed E-state index contributed by atoms with van der Waals surface area (Å²) in [5.41, 5.74) is 4.33. The molecule has 5 aromatic rings. The number of aromatic amines is 1. The molecule has 0 aliphatic rings. The minimum absolute atomic E-state index is 0.144. The standard InChI is InChI=1S/C25H21FN4O2/c1-15-13-23(30-32-15)29-24(31)8-4-6-18-19-14-17(26)10-12-21(19)28-25(18)22-11-9-16-5-2-3-7-20(16)27-22/h2-3,5,7,9-14,28H,4,6,8H2,1H3,(H,29,30,31). The van der Waals surface area contributed by atoms with E-state index in [9.17, 15) is 9.18 Å². The van der Waals surface area contributed by atoms with Crippen molar-refractivity contribution < 1.29 is 13.7 Å². The lowest BCUT2D eigenvalue weighted by Gasteiger charge is -2.07. The van der Waals surface area contributed by atoms with Crippen molar-refractivity contribution in [1.82, 2.24) is 15.1 Å². The van der Waals surface area contributed by atoms with E-state index in [1.54, 1.807) is 19.1 Å². The van der Waals surface area contributed by atoms with Crippen molar-refractivity contribution in [1.29, 1.82) is 0 Å². The Morgan fingerprint density at radius 3 is 2.84 bits per heavy atom. The first-order valence-electron chi connectivity index (χ1n) is 10.5. The van der Waals surface area contributed by atoms with Crippen molar-refractivity contribution in [2.45, 2.75) is 26.2 Å². The molecule has 0 bridgehead atoms. The molecule has 0 radical (unpaired) electrons. The highest BCUT2D eigenvalue weighted by Gasteiger charge is 2.16. The first-order chi connectivity index (χ1) is 15.6. The number of aryl methyl sites for hydroxylation is 2. The Hall–Kier alpha value is -4.00. The summed E-state index contributed by atoms with van der Waals surface area (Å²) in [7, 11) is 0. The fourth-order valence-corrected chi connectivity index (χ4v) is 3.96. The highest BCUT2D eigenvalue weighted by atomic mass is 19.1. The van der Waals surface area contributed by atoms with Crippen LogP contribution in [0.15, 0.2) is 65.2 Å². The Bertz CT molecular complexity index is 1440. The number of aromatic nitrogens is 3. The minimum Gasteiger partial charge on any atom is -0.360 e. The summed E-state index contributed by atoms with van der Waals surface area (Å²) < 4.78 is 19.0. The van der Waals surface area contributed by atoms with Crippen LogP contribution in [-0.4, -0.2) is 21.0 Å². The van der Waals surface area contributed by atoms with Gasteiger partial charge < -0.3 is 14.8 Å². The van der Waals surface area contributed by atoms with Gasteiger partial charge in [0.2, 0.25) is 5.91 Å². The molecule has 32 heavy (non-hydrogen) atoms. The van der Waals surface area contributed by atoms with Crippen LogP contribution >= 0.6 is 0 Å². The second kappa shape index (κ2) is 8.26. The Morgan fingerprint density at radius 2 is 2.00 bits per heavy atom. The lowest BCUT2D eigenvalue weighted by Crippen LogP contribution is -2.11. The monoisotopic (exact) mass is 428 g/mol. The number of carbonyl (C=O) groups excluding carboxylic acids is 1. The molecule has 1 amide bonds. The molecule has 0 unspecified atom stereocenters. The van der Waals surface area contributed by atoms with Gasteiger partial charge in [-0.25, -0.2) is 9.37 Å². The van der Waals surface area contributed by atoms with Crippen LogP contribution in [0.25, 0.3) is 33.2 Å². The first-order valence-corrected chi connectivity index (χ1v) is 10.5. The van der Waals surface area contributed by atoms with Gasteiger partial charge in [-0.3, -0.25) is 4.79 Å². The maximum atomic E-state index is 14.0. The largest absolute Gasteiger partial charge is 0.360 e. The van der Waals surface area contributed by atoms with Gasteiger partial charge in [0.25, 0.3) is 0 Å². The van der Waals surface area contributed by atoms with E-state index < -0.39 is 0 Å². The number of rotatable bonds is 6. The van der Waals surface area contributed by atoms with Gasteiger partial charge in [-0.1, -0.05) is 29.4 Å². The van der Waals surface area contributed by atoms with Crippen LogP contribution in [0, 0.1) is 12.7 Å². The third-order valence-corrected chi connectivity index (χ3v) is 5.45. The van der Waals surface area contributed by atoms with Crippen LogP contribution < -0.4 is 5.32 Å². The number of H-pyrrole nitrogens is 1. The van der Waals surface area contributed by atoms with Crippen molar-refractivity contribution >= 4 is 33.5 Å². The Kier molecular flexibility index (Phi) is 5.15. The summed E-state index contributed by atoms with van der Waals surface area (Å²) in [6, 6.07) is 18.3. The zero-order chi connectivity index (χ0) is 22.1. The number of pyridine rings is 1. The van der Waals surface area contributed by atoms with Gasteiger partial charge >= 0.3 is 0 Å². The molecule has 0 aliphatic carbocycles. The molecule has 0 spiro atoms. The average molecular weight is 428 g/mol. The molecule has 2 N–H and O–H groups in total. The summed E-state index contributed by atoms with van der Waals surface area (Å²) in [4.78, 5) is 20.5. The van der Waals surface area contributed by atoms with Crippen LogP contribution in [0.4, 0.5) is 10.2 Å². The summed E-state index contributed by atoms with van der Waals surface area (Å²) in [6.07, 6.45) is 1.49. The van der Waals surface area contributed by atoms with Gasteiger partial charge in [0.15, 0.2) is 5.82 Å². The van der Waals surface area contributed by atoms with E-state index in [0.717, 1.165) is 38.8 Å². The SMILES string of the molecule is Cc1cc(NC(=O)CCCc2c(-c3ccc4ccccc4n3)[nH]c3ccc(F)cc23)no1. The predicted octanol–water partition coefficient (Wildman–Crippen LogP) is 5.78. The zero-order valence-corrected chi connectivity index (χ0v) is 17.5. The summed E-state index contributed by atoms with van der Waals surface area (Å²) in [5, 5.41) is 8.38. The van der Waals surface area contributed by atoms with E-state index in [2.05, 4.69) is 15.5 Å². The summed E-state index contributed by atoms with van der Waals surface area (Å²) in [5.74, 6) is 0.598. The van der Waals surface area contributed by atoms with E-state index in [4.69, 9.17) is 9.51 Å². The number of hydrogen-bond donors (Lipinski definition) is 2. The maximum absolute atomic E-state index is 14.0. The number of benzene rings is 2. The Morgan fingerprint density at radius 1 is 1.12 bits per heavy atom. The molecule has 3 aromatic heterocycles. The fourth-order valence-electron chi connectivity index (χ4n) is 3.96. The number of anilines is 1. The number of nitrogens with zero attached hydrogens (tertiary/aromatic N) is 2. The first kappa shape index (κ1) is 19.9. The Labute approximate surface area is 183 Å². The van der Waals surface area contributed by atoms with Crippen molar-refractivity contribution in [2.75, 3.05) is 5.32 Å². The number of amides is 1. The molecule has 5 rings (SSSR count). The summed E-state index contributed by atoms with van der Waals surface area (Å²) >= 11 is 0. The minimum atomic E-state index is -0.296. The molecule has 0 saturated carbocycles. The van der Waals surface area contributed by atoms with Gasteiger partial charge in [0.1, 0.15) is 11.6 Å². The molecule has 0 atom stereocenters. The molecule has 7 heteroatoms. The third-order valence-electron chi connectivity index (χ3n) is 5.45. The van der Waals surface area contributed by atoms with Crippen LogP contribution in [0.3, 0.4) is 0 Å². The third kappa shape index (κ3) is 3.97. The van der Waals surface area contributed by atoms with E-state index >= 15 is 0 Å². The normalized spacial score (nSPS) is 11.3. The van der Waals surface area contributed by atoms with E-state index in [1.807, 2.05) is 36.4 Å². The van der Waals surface area contributed by atoms with Gasteiger partial charge in [-0.05, 0) is 55.7 Å². The second-order valence-electron chi connectivity index (χ2n) is 7.78. The number of carbonyl (C=O) groups is 1. The molecule has 6 nitrogen and oxygen atoms in total. The number of hydrogen-bond acceptors (Lipinski definition) is 4. The molecule has 3 heterocycles. The smallest absolute Gasteiger partial charge is 0.225 e. The van der Waals surface area contributed by atoms with Gasteiger partial charge in [0.05, 0.1) is 16.9 Å². The van der Waals surface area contributed by atoms with Crippen molar-refractivity contribution in [3.8, 4) is 11.4 Å². The van der Waals surface area contributed by atoms with Crippen molar-refractivity contribution in [3.63, 3.8) is 0 Å². The molecule has 0 aliphatic heterocycles. The lowest BCUT2D eigenvalue weighted by atomic mass is 10.0. The van der Waals surface area contributed by atoms with Crippen molar-refractivity contribution in [2.24, 2.45) is 0 Å². The van der Waals surface area contributed by atoms with Crippen LogP contribution in [0.1, 0.15) is 24.2 Å². The average Bonchev–Trinajstić information content (AvgIpc) is 3.36. The Balaban J connectivity index is 1.42. The highest BCUT2D eigenvalue weighted by Crippen LogP contribution is 2.32. The fraction of sp³-hybridized carbons (Fsp3) is 0.160. The maximum Gasteiger partial charge on any atom is 0.225 e. The lowest BCUT2D eigenvalue weighted by molar-refractivity contribution is -0.116. The highest BCUT2D eigenvalue weighted by molar-refractivity contribution is 5.92. The molecule has 0 saturated heterocycles. The molecule has 0 fully saturated rings. The van der Waals surface area contributed by atoms with Crippen molar-refractivity contribution in [3.05, 3.63) is 77.8 Å². The predicted molar refractivity (Wildman–Crippen MR) is 122 cm³/mol. The number of para-hydroxylation sites is 1. The van der Waals surface area contributed by atoms with Crippen LogP contribution in [0.2, 0.25) is 0 Å². The van der Waals surface area contributed by atoms with Gasteiger partial charge in [-0.15, -0.1) is 0 Å². The topological polar surface area (TPSA) is 83.8 Å². The number of nitrogens with one attached hydrogen (secondary N) is 2. The number of fused-ring (bicyclic) bond motifs is 2. The van der Waals surface area contributed by atoms with Gasteiger partial charge in [-0.2, -0.15) is 0 Å². The van der Waals surface area contributed by atoms with Gasteiger partial charge in [0, 0.05) is 28.8 Å². The van der Waals surface area contributed by atoms with E-state index in [1.165, 1.54) is 12.1 Å². The molecule has 2 aromatic carbocycles. The van der Waals surface area contributed by atoms with E-state index in [-0.39, 0.29) is 11.7 Å². The second-order valence-corrected chi connectivity index (χ2v) is 7.78. The van der Waals surface area contributed by atoms with E-state index in [0.29, 0.717) is 30.8 Å². The molecular weight excluding hydrogens is 407 g/mol. The quantitative estimate of drug-likeness (QED) is 0.359. The van der Waals surface area contributed by atoms with Crippen LogP contribution in [0.5, 0.6) is 0 Å². The molecule has 160 valence electrons. The zero-order valence-electron chi connectivity index (χ0n) is 17.5. The summed E-state index contributed by atoms with van der Waals surface area (Å²) in [6.45, 7) is 1.77. The van der Waals surface area contributed by atoms with Crippen LogP contribution in [-0.2, 0) is 11.2 Å². The number of halogens is 1. The molecular formula is C25H21FN4O2.